The van der Waals surface area contributed by atoms with Gasteiger partial charge in [-0.15, -0.1) is 0 Å². The molecule has 0 amide bonds. The van der Waals surface area contributed by atoms with Gasteiger partial charge in [-0.05, 0) is 42.3 Å². The van der Waals surface area contributed by atoms with E-state index in [0.717, 1.165) is 0 Å². The third-order valence-corrected chi connectivity index (χ3v) is 4.23. The molecule has 1 heteroatoms. The summed E-state index contributed by atoms with van der Waals surface area (Å²) in [5, 5.41) is 0. The third kappa shape index (κ3) is 3.12. The molecular formula is C19H16S. The molecule has 0 radical (unpaired) electrons. The summed E-state index contributed by atoms with van der Waals surface area (Å²) in [6.45, 7) is 2.11. The van der Waals surface area contributed by atoms with E-state index >= 15 is 0 Å². The molecule has 0 atom stereocenters. The van der Waals surface area contributed by atoms with Crippen molar-refractivity contribution in [2.45, 2.75) is 16.7 Å². The van der Waals surface area contributed by atoms with Crippen LogP contribution in [0.4, 0.5) is 0 Å². The summed E-state index contributed by atoms with van der Waals surface area (Å²) < 4.78 is 0. The lowest BCUT2D eigenvalue weighted by atomic mass is 10.1. The molecule has 0 unspecified atom stereocenters. The Labute approximate surface area is 124 Å². The summed E-state index contributed by atoms with van der Waals surface area (Å²) in [5.74, 6) is 0. The molecule has 0 fully saturated rings. The smallest absolute Gasteiger partial charge is 0.0122 e. The van der Waals surface area contributed by atoms with Gasteiger partial charge >= 0.3 is 0 Å². The molecule has 0 N–H and O–H groups in total. The van der Waals surface area contributed by atoms with E-state index in [9.17, 15) is 0 Å². The Morgan fingerprint density at radius 1 is 0.550 bits per heavy atom. The molecular weight excluding hydrogens is 260 g/mol. The van der Waals surface area contributed by atoms with E-state index in [1.54, 1.807) is 11.8 Å². The standard InChI is InChI=1S/C19H16S/c1-15-7-11-18(12-8-15)20-19-13-9-17(10-14-19)16-5-3-2-4-6-16/h2-14H,1H3. The topological polar surface area (TPSA) is 0 Å². The van der Waals surface area contributed by atoms with Crippen LogP contribution in [0.3, 0.4) is 0 Å². The molecule has 3 rings (SSSR count). The zero-order valence-electron chi connectivity index (χ0n) is 11.4. The quantitative estimate of drug-likeness (QED) is 0.581. The maximum atomic E-state index is 2.19. The molecule has 0 aliphatic rings. The Morgan fingerprint density at radius 2 is 1.05 bits per heavy atom. The zero-order chi connectivity index (χ0) is 13.8. The van der Waals surface area contributed by atoms with Gasteiger partial charge < -0.3 is 0 Å². The molecule has 0 aliphatic carbocycles. The fraction of sp³-hybridized carbons (Fsp3) is 0.0526. The highest BCUT2D eigenvalue weighted by Gasteiger charge is 1.99. The number of hydrogen-bond donors (Lipinski definition) is 0. The number of benzene rings is 3. The van der Waals surface area contributed by atoms with E-state index in [2.05, 4.69) is 79.7 Å². The van der Waals surface area contributed by atoms with E-state index in [0.29, 0.717) is 0 Å². The predicted molar refractivity (Wildman–Crippen MR) is 87.2 cm³/mol. The molecule has 98 valence electrons. The van der Waals surface area contributed by atoms with Crippen LogP contribution in [0.25, 0.3) is 11.1 Å². The van der Waals surface area contributed by atoms with Crippen molar-refractivity contribution < 1.29 is 0 Å². The lowest BCUT2D eigenvalue weighted by Crippen LogP contribution is -1.78. The molecule has 0 aliphatic heterocycles. The molecule has 0 saturated heterocycles. The highest BCUT2D eigenvalue weighted by molar-refractivity contribution is 7.99. The second kappa shape index (κ2) is 5.98. The van der Waals surface area contributed by atoms with Gasteiger partial charge in [0.2, 0.25) is 0 Å². The maximum absolute atomic E-state index is 2.19. The van der Waals surface area contributed by atoms with E-state index in [1.165, 1.54) is 26.5 Å². The molecule has 0 aromatic heterocycles. The average Bonchev–Trinajstić information content (AvgIpc) is 2.51. The van der Waals surface area contributed by atoms with Crippen LogP contribution >= 0.6 is 11.8 Å². The first-order valence-corrected chi connectivity index (χ1v) is 7.53. The van der Waals surface area contributed by atoms with Crippen molar-refractivity contribution >= 4 is 11.8 Å². The van der Waals surface area contributed by atoms with Crippen LogP contribution in [0.1, 0.15) is 5.56 Å². The van der Waals surface area contributed by atoms with Gasteiger partial charge in [-0.25, -0.2) is 0 Å². The van der Waals surface area contributed by atoms with Crippen molar-refractivity contribution in [3.8, 4) is 11.1 Å². The van der Waals surface area contributed by atoms with Crippen molar-refractivity contribution in [3.05, 3.63) is 84.4 Å². The van der Waals surface area contributed by atoms with Crippen LogP contribution in [0.5, 0.6) is 0 Å². The summed E-state index contributed by atoms with van der Waals surface area (Å²) in [5.41, 5.74) is 3.83. The molecule has 3 aromatic rings. The number of aryl methyl sites for hydroxylation is 1. The summed E-state index contributed by atoms with van der Waals surface area (Å²) in [6.07, 6.45) is 0. The summed E-state index contributed by atoms with van der Waals surface area (Å²) in [4.78, 5) is 2.55. The maximum Gasteiger partial charge on any atom is 0.0122 e. The SMILES string of the molecule is Cc1ccc(Sc2ccc(-c3ccccc3)cc2)cc1. The Balaban J connectivity index is 1.78. The van der Waals surface area contributed by atoms with Crippen molar-refractivity contribution in [1.29, 1.82) is 0 Å². The van der Waals surface area contributed by atoms with E-state index < -0.39 is 0 Å². The van der Waals surface area contributed by atoms with Gasteiger partial charge in [0.15, 0.2) is 0 Å². The van der Waals surface area contributed by atoms with Gasteiger partial charge in [0.05, 0.1) is 0 Å². The lowest BCUT2D eigenvalue weighted by Gasteiger charge is -2.05. The summed E-state index contributed by atoms with van der Waals surface area (Å²) in [6, 6.07) is 27.9. The van der Waals surface area contributed by atoms with Gasteiger partial charge in [-0.1, -0.05) is 71.9 Å². The summed E-state index contributed by atoms with van der Waals surface area (Å²) >= 11 is 1.80. The number of hydrogen-bond acceptors (Lipinski definition) is 1. The lowest BCUT2D eigenvalue weighted by molar-refractivity contribution is 1.36. The molecule has 0 nitrogen and oxygen atoms in total. The minimum absolute atomic E-state index is 1.26. The first-order chi connectivity index (χ1) is 9.81. The van der Waals surface area contributed by atoms with Crippen LogP contribution in [0.2, 0.25) is 0 Å². The Hall–Kier alpha value is -1.99. The van der Waals surface area contributed by atoms with Crippen LogP contribution in [0.15, 0.2) is 88.7 Å². The molecule has 3 aromatic carbocycles. The van der Waals surface area contributed by atoms with Gasteiger partial charge in [-0.2, -0.15) is 0 Å². The molecule has 0 saturated carbocycles. The molecule has 0 spiro atoms. The Bertz CT molecular complexity index is 667. The zero-order valence-corrected chi connectivity index (χ0v) is 12.2. The predicted octanol–water partition coefficient (Wildman–Crippen LogP) is 5.81. The van der Waals surface area contributed by atoms with Gasteiger partial charge in [0.1, 0.15) is 0 Å². The Morgan fingerprint density at radius 3 is 1.65 bits per heavy atom. The monoisotopic (exact) mass is 276 g/mol. The first-order valence-electron chi connectivity index (χ1n) is 6.71. The van der Waals surface area contributed by atoms with Crippen molar-refractivity contribution in [2.24, 2.45) is 0 Å². The fourth-order valence-corrected chi connectivity index (χ4v) is 2.90. The van der Waals surface area contributed by atoms with Gasteiger partial charge in [0.25, 0.3) is 0 Å². The van der Waals surface area contributed by atoms with E-state index in [4.69, 9.17) is 0 Å². The minimum Gasteiger partial charge on any atom is -0.0901 e. The van der Waals surface area contributed by atoms with Gasteiger partial charge in [-0.3, -0.25) is 0 Å². The number of rotatable bonds is 3. The van der Waals surface area contributed by atoms with E-state index in [1.807, 2.05) is 6.07 Å². The largest absolute Gasteiger partial charge is 0.0901 e. The molecule has 20 heavy (non-hydrogen) atoms. The van der Waals surface area contributed by atoms with E-state index in [-0.39, 0.29) is 0 Å². The second-order valence-corrected chi connectivity index (χ2v) is 5.95. The van der Waals surface area contributed by atoms with Gasteiger partial charge in [0, 0.05) is 9.79 Å². The van der Waals surface area contributed by atoms with Crippen LogP contribution in [-0.4, -0.2) is 0 Å². The first kappa shape index (κ1) is 13.0. The van der Waals surface area contributed by atoms with Crippen LogP contribution in [0, 0.1) is 6.92 Å². The van der Waals surface area contributed by atoms with Crippen molar-refractivity contribution in [3.63, 3.8) is 0 Å². The van der Waals surface area contributed by atoms with Crippen molar-refractivity contribution in [2.75, 3.05) is 0 Å². The van der Waals surface area contributed by atoms with Crippen LogP contribution < -0.4 is 0 Å². The minimum atomic E-state index is 1.26. The Kier molecular flexibility index (Phi) is 3.89. The van der Waals surface area contributed by atoms with Crippen LogP contribution in [-0.2, 0) is 0 Å². The normalized spacial score (nSPS) is 10.4. The fourth-order valence-electron chi connectivity index (χ4n) is 2.09. The van der Waals surface area contributed by atoms with Crippen molar-refractivity contribution in [1.82, 2.24) is 0 Å². The summed E-state index contributed by atoms with van der Waals surface area (Å²) in [7, 11) is 0. The highest BCUT2D eigenvalue weighted by atomic mass is 32.2. The molecule has 0 bridgehead atoms. The highest BCUT2D eigenvalue weighted by Crippen LogP contribution is 2.29. The average molecular weight is 276 g/mol. The third-order valence-electron chi connectivity index (χ3n) is 3.22. The molecule has 0 heterocycles. The second-order valence-electron chi connectivity index (χ2n) is 4.81.